The Labute approximate surface area is 191 Å². The molecule has 1 fully saturated rings. The van der Waals surface area contributed by atoms with Crippen molar-refractivity contribution in [3.05, 3.63) is 42.5 Å². The lowest BCUT2D eigenvalue weighted by Crippen LogP contribution is -2.24. The van der Waals surface area contributed by atoms with Crippen molar-refractivity contribution < 1.29 is 17.9 Å². The highest BCUT2D eigenvalue weighted by Crippen LogP contribution is 2.36. The zero-order valence-corrected chi connectivity index (χ0v) is 19.3. The van der Waals surface area contributed by atoms with E-state index in [1.165, 1.54) is 33.3 Å². The van der Waals surface area contributed by atoms with Crippen LogP contribution < -0.4 is 15.4 Å². The number of sulfonamides is 1. The lowest BCUT2D eigenvalue weighted by Gasteiger charge is -2.16. The molecule has 1 aliphatic rings. The van der Waals surface area contributed by atoms with Crippen LogP contribution in [0.1, 0.15) is 18.9 Å². The average molecular weight is 472 g/mol. The van der Waals surface area contributed by atoms with Crippen molar-refractivity contribution in [2.24, 2.45) is 0 Å². The first-order valence-corrected chi connectivity index (χ1v) is 11.8. The minimum atomic E-state index is -3.74. The summed E-state index contributed by atoms with van der Waals surface area (Å²) < 4.78 is 33.2. The van der Waals surface area contributed by atoms with Crippen molar-refractivity contribution in [3.8, 4) is 17.1 Å². The molecule has 0 atom stereocenters. The zero-order valence-electron chi connectivity index (χ0n) is 18.5. The number of nitrogens with zero attached hydrogens (tertiary/aromatic N) is 5. The number of nitrogens with one attached hydrogen (secondary N) is 2. The van der Waals surface area contributed by atoms with Crippen LogP contribution in [-0.2, 0) is 14.8 Å². The molecule has 0 unspecified atom stereocenters. The number of aromatic nitrogens is 4. The van der Waals surface area contributed by atoms with Gasteiger partial charge in [-0.05, 0) is 53.6 Å². The molecular formula is C21H25N7O4S. The molecule has 1 saturated carbocycles. The van der Waals surface area contributed by atoms with Crippen molar-refractivity contribution in [2.75, 3.05) is 38.4 Å². The fraction of sp³-hybridized carbons (Fsp3) is 0.333. The third-order valence-corrected chi connectivity index (χ3v) is 7.00. The smallest absolute Gasteiger partial charge is 0.246 e. The van der Waals surface area contributed by atoms with Crippen molar-refractivity contribution in [1.29, 1.82) is 0 Å². The molecule has 1 aromatic heterocycles. The highest BCUT2D eigenvalue weighted by atomic mass is 32.2. The van der Waals surface area contributed by atoms with E-state index in [-0.39, 0.29) is 23.1 Å². The van der Waals surface area contributed by atoms with E-state index in [4.69, 9.17) is 4.74 Å². The van der Waals surface area contributed by atoms with E-state index < -0.39 is 10.0 Å². The Morgan fingerprint density at radius 3 is 2.67 bits per heavy atom. The number of carbonyl (C=O) groups excluding carboxylic acids is 1. The predicted octanol–water partition coefficient (Wildman–Crippen LogP) is 1.98. The fourth-order valence-electron chi connectivity index (χ4n) is 3.26. The van der Waals surface area contributed by atoms with Crippen molar-refractivity contribution in [1.82, 2.24) is 24.5 Å². The molecular weight excluding hydrogens is 446 g/mol. The second-order valence-corrected chi connectivity index (χ2v) is 9.93. The van der Waals surface area contributed by atoms with Crippen molar-refractivity contribution in [3.63, 3.8) is 0 Å². The van der Waals surface area contributed by atoms with Gasteiger partial charge in [0.15, 0.2) is 5.82 Å². The number of anilines is 2. The molecule has 0 spiro atoms. The summed E-state index contributed by atoms with van der Waals surface area (Å²) in [6.07, 6.45) is 2.14. The van der Waals surface area contributed by atoms with Crippen molar-refractivity contribution >= 4 is 27.3 Å². The van der Waals surface area contributed by atoms with Gasteiger partial charge in [-0.3, -0.25) is 4.79 Å². The zero-order chi connectivity index (χ0) is 23.6. The van der Waals surface area contributed by atoms with Gasteiger partial charge in [-0.25, -0.2) is 17.4 Å². The third-order valence-electron chi connectivity index (χ3n) is 5.17. The lowest BCUT2D eigenvalue weighted by atomic mass is 10.2. The number of tetrazole rings is 1. The molecule has 11 nitrogen and oxygen atoms in total. The largest absolute Gasteiger partial charge is 0.495 e. The summed E-state index contributed by atoms with van der Waals surface area (Å²) in [7, 11) is 0.514. The van der Waals surface area contributed by atoms with Crippen LogP contribution in [0.3, 0.4) is 0 Å². The van der Waals surface area contributed by atoms with E-state index in [2.05, 4.69) is 26.2 Å². The number of amides is 1. The molecule has 2 N–H and O–H groups in total. The molecule has 1 aliphatic carbocycles. The lowest BCUT2D eigenvalue weighted by molar-refractivity contribution is -0.114. The quantitative estimate of drug-likeness (QED) is 0.484. The molecule has 174 valence electrons. The van der Waals surface area contributed by atoms with Gasteiger partial charge in [0.25, 0.3) is 0 Å². The summed E-state index contributed by atoms with van der Waals surface area (Å²) in [6.45, 7) is -0.0151. The summed E-state index contributed by atoms with van der Waals surface area (Å²) in [5.74, 6) is 0.560. The second-order valence-electron chi connectivity index (χ2n) is 7.81. The molecule has 2 aromatic carbocycles. The van der Waals surface area contributed by atoms with Gasteiger partial charge in [0, 0.05) is 31.0 Å². The summed E-state index contributed by atoms with van der Waals surface area (Å²) >= 11 is 0. The van der Waals surface area contributed by atoms with E-state index in [9.17, 15) is 13.2 Å². The molecule has 4 rings (SSSR count). The third kappa shape index (κ3) is 4.96. The Kier molecular flexibility index (Phi) is 6.29. The van der Waals surface area contributed by atoms with Crippen LogP contribution in [0.2, 0.25) is 0 Å². The highest BCUT2D eigenvalue weighted by Gasteiger charge is 2.28. The van der Waals surface area contributed by atoms with Crippen LogP contribution in [0, 0.1) is 0 Å². The van der Waals surface area contributed by atoms with Crippen LogP contribution in [0.25, 0.3) is 11.4 Å². The second kappa shape index (κ2) is 9.16. The Hall–Kier alpha value is -3.51. The van der Waals surface area contributed by atoms with Gasteiger partial charge in [0.05, 0.1) is 19.7 Å². The topological polar surface area (TPSA) is 131 Å². The molecule has 12 heteroatoms. The minimum Gasteiger partial charge on any atom is -0.495 e. The van der Waals surface area contributed by atoms with Crippen LogP contribution in [0.5, 0.6) is 5.75 Å². The number of carbonyl (C=O) groups is 1. The van der Waals surface area contributed by atoms with E-state index in [1.54, 1.807) is 6.07 Å². The first kappa shape index (κ1) is 22.7. The van der Waals surface area contributed by atoms with Gasteiger partial charge in [-0.1, -0.05) is 12.1 Å². The van der Waals surface area contributed by atoms with Gasteiger partial charge >= 0.3 is 0 Å². The highest BCUT2D eigenvalue weighted by molar-refractivity contribution is 7.89. The Bertz CT molecular complexity index is 1270. The van der Waals surface area contributed by atoms with Crippen LogP contribution in [-0.4, -0.2) is 66.6 Å². The monoisotopic (exact) mass is 471 g/mol. The number of methoxy groups -OCH3 is 1. The molecule has 1 amide bonds. The molecule has 1 heterocycles. The van der Waals surface area contributed by atoms with Gasteiger partial charge in [-0.2, -0.15) is 0 Å². The van der Waals surface area contributed by atoms with Crippen LogP contribution >= 0.6 is 0 Å². The first-order chi connectivity index (χ1) is 15.8. The summed E-state index contributed by atoms with van der Waals surface area (Å²) in [5, 5.41) is 17.8. The van der Waals surface area contributed by atoms with Gasteiger partial charge in [0.1, 0.15) is 10.6 Å². The predicted molar refractivity (Wildman–Crippen MR) is 123 cm³/mol. The average Bonchev–Trinajstić information content (AvgIpc) is 3.53. The summed E-state index contributed by atoms with van der Waals surface area (Å²) in [6, 6.07) is 12.3. The maximum atomic E-state index is 12.6. The standard InChI is InChI=1S/C21H25N7O4S/c1-27(2)33(30,31)19-12-16(7-10-18(19)32-3)23-20(29)13-22-15-6-4-5-14(11-15)21-24-25-26-28(21)17-8-9-17/h4-7,10-12,17,22H,8-9,13H2,1-3H3,(H,23,29). The SMILES string of the molecule is COc1ccc(NC(=O)CNc2cccc(-c3nnnn3C3CC3)c2)cc1S(=O)(=O)N(C)C. The van der Waals surface area contributed by atoms with E-state index >= 15 is 0 Å². The molecule has 0 saturated heterocycles. The Morgan fingerprint density at radius 1 is 1.18 bits per heavy atom. The molecule has 0 bridgehead atoms. The normalized spacial score (nSPS) is 13.7. The van der Waals surface area contributed by atoms with E-state index in [1.807, 2.05) is 28.9 Å². The van der Waals surface area contributed by atoms with E-state index in [0.29, 0.717) is 17.6 Å². The number of hydrogen-bond acceptors (Lipinski definition) is 8. The molecule has 0 aliphatic heterocycles. The van der Waals surface area contributed by atoms with E-state index in [0.717, 1.165) is 28.4 Å². The number of ether oxygens (including phenoxy) is 1. The van der Waals surface area contributed by atoms with Gasteiger partial charge < -0.3 is 15.4 Å². The maximum Gasteiger partial charge on any atom is 0.246 e. The van der Waals surface area contributed by atoms with Crippen molar-refractivity contribution in [2.45, 2.75) is 23.8 Å². The number of benzene rings is 2. The fourth-order valence-corrected chi connectivity index (χ4v) is 4.33. The first-order valence-electron chi connectivity index (χ1n) is 10.3. The Balaban J connectivity index is 1.43. The summed E-state index contributed by atoms with van der Waals surface area (Å²) in [4.78, 5) is 12.5. The number of hydrogen-bond donors (Lipinski definition) is 2. The molecule has 3 aromatic rings. The van der Waals surface area contributed by atoms with Gasteiger partial charge in [0.2, 0.25) is 15.9 Å². The van der Waals surface area contributed by atoms with Crippen LogP contribution in [0.15, 0.2) is 47.4 Å². The molecule has 33 heavy (non-hydrogen) atoms. The van der Waals surface area contributed by atoms with Gasteiger partial charge in [-0.15, -0.1) is 5.10 Å². The minimum absolute atomic E-state index is 0.0151. The maximum absolute atomic E-state index is 12.6. The van der Waals surface area contributed by atoms with Crippen LogP contribution in [0.4, 0.5) is 11.4 Å². The number of rotatable bonds is 9. The Morgan fingerprint density at radius 2 is 1.97 bits per heavy atom. The molecule has 0 radical (unpaired) electrons. The summed E-state index contributed by atoms with van der Waals surface area (Å²) in [5.41, 5.74) is 1.94.